The highest BCUT2D eigenvalue weighted by Crippen LogP contribution is 2.17. The molecule has 0 saturated carbocycles. The van der Waals surface area contributed by atoms with Crippen molar-refractivity contribution >= 4 is 29.0 Å². The molecule has 0 aliphatic rings. The molecule has 0 spiro atoms. The van der Waals surface area contributed by atoms with Crippen LogP contribution in [0, 0.1) is 25.2 Å². The number of carbonyl (C=O) groups excluding carboxylic acids is 1. The lowest BCUT2D eigenvalue weighted by atomic mass is 10.1. The molecule has 1 aromatic heterocycles. The first-order chi connectivity index (χ1) is 11.0. The SMILES string of the molecule is Cc1ccc(NC(=O)/C(C#N)=C\Nc2ccc(Cl)cn2)c(C)c1. The fraction of sp³-hybridized carbons (Fsp3) is 0.118. The van der Waals surface area contributed by atoms with Crippen molar-refractivity contribution in [1.29, 1.82) is 5.26 Å². The number of rotatable bonds is 4. The summed E-state index contributed by atoms with van der Waals surface area (Å²) in [5.41, 5.74) is 2.66. The van der Waals surface area contributed by atoms with Gasteiger partial charge in [0.25, 0.3) is 5.91 Å². The maximum absolute atomic E-state index is 12.2. The van der Waals surface area contributed by atoms with Crippen molar-refractivity contribution in [3.63, 3.8) is 0 Å². The van der Waals surface area contributed by atoms with Gasteiger partial charge >= 0.3 is 0 Å². The summed E-state index contributed by atoms with van der Waals surface area (Å²) in [6, 6.07) is 10.8. The highest BCUT2D eigenvalue weighted by Gasteiger charge is 2.10. The summed E-state index contributed by atoms with van der Waals surface area (Å²) in [5, 5.41) is 15.2. The number of benzene rings is 1. The minimum Gasteiger partial charge on any atom is -0.345 e. The van der Waals surface area contributed by atoms with E-state index in [1.807, 2.05) is 38.1 Å². The van der Waals surface area contributed by atoms with E-state index in [1.165, 1.54) is 12.4 Å². The van der Waals surface area contributed by atoms with Crippen LogP contribution in [0.25, 0.3) is 0 Å². The molecule has 5 nitrogen and oxygen atoms in total. The number of halogens is 1. The van der Waals surface area contributed by atoms with Gasteiger partial charge in [0.15, 0.2) is 0 Å². The zero-order valence-electron chi connectivity index (χ0n) is 12.7. The van der Waals surface area contributed by atoms with Crippen molar-refractivity contribution in [2.24, 2.45) is 0 Å². The van der Waals surface area contributed by atoms with Crippen molar-refractivity contribution in [3.05, 3.63) is 64.5 Å². The van der Waals surface area contributed by atoms with Gasteiger partial charge in [-0.05, 0) is 37.6 Å². The Bertz CT molecular complexity index is 791. The van der Waals surface area contributed by atoms with E-state index in [-0.39, 0.29) is 5.57 Å². The number of hydrogen-bond donors (Lipinski definition) is 2. The molecular formula is C17H15ClN4O. The fourth-order valence-electron chi connectivity index (χ4n) is 1.90. The molecular weight excluding hydrogens is 312 g/mol. The van der Waals surface area contributed by atoms with E-state index in [4.69, 9.17) is 16.9 Å². The number of aromatic nitrogens is 1. The van der Waals surface area contributed by atoms with Crippen molar-refractivity contribution < 1.29 is 4.79 Å². The molecule has 6 heteroatoms. The summed E-state index contributed by atoms with van der Waals surface area (Å²) in [6.45, 7) is 3.87. The smallest absolute Gasteiger partial charge is 0.267 e. The van der Waals surface area contributed by atoms with Gasteiger partial charge in [-0.1, -0.05) is 29.3 Å². The molecule has 2 N–H and O–H groups in total. The lowest BCUT2D eigenvalue weighted by Crippen LogP contribution is -2.15. The molecule has 116 valence electrons. The molecule has 23 heavy (non-hydrogen) atoms. The summed E-state index contributed by atoms with van der Waals surface area (Å²) >= 11 is 5.75. The van der Waals surface area contributed by atoms with E-state index in [0.717, 1.165) is 11.1 Å². The number of hydrogen-bond acceptors (Lipinski definition) is 4. The molecule has 1 amide bonds. The van der Waals surface area contributed by atoms with E-state index in [0.29, 0.717) is 16.5 Å². The molecule has 2 rings (SSSR count). The third-order valence-corrected chi connectivity index (χ3v) is 3.31. The van der Waals surface area contributed by atoms with Gasteiger partial charge in [-0.2, -0.15) is 5.26 Å². The van der Waals surface area contributed by atoms with Crippen molar-refractivity contribution in [2.75, 3.05) is 10.6 Å². The Morgan fingerprint density at radius 2 is 2.09 bits per heavy atom. The number of pyridine rings is 1. The molecule has 0 radical (unpaired) electrons. The summed E-state index contributed by atoms with van der Waals surface area (Å²) in [5.74, 6) is 0.00221. The standard InChI is InChI=1S/C17H15ClN4O/c1-11-3-5-15(12(2)7-11)22-17(23)13(8-19)9-20-16-6-4-14(18)10-21-16/h3-7,9-10H,1-2H3,(H,20,21)(H,22,23)/b13-9-. The van der Waals surface area contributed by atoms with Gasteiger partial charge in [-0.3, -0.25) is 4.79 Å². The highest BCUT2D eigenvalue weighted by molar-refractivity contribution is 6.30. The molecule has 0 fully saturated rings. The number of anilines is 2. The topological polar surface area (TPSA) is 77.8 Å². The van der Waals surface area contributed by atoms with Crippen molar-refractivity contribution in [1.82, 2.24) is 4.98 Å². The predicted octanol–water partition coefficient (Wildman–Crippen LogP) is 3.81. The monoisotopic (exact) mass is 326 g/mol. The van der Waals surface area contributed by atoms with Crippen LogP contribution in [-0.4, -0.2) is 10.9 Å². The molecule has 0 unspecified atom stereocenters. The molecule has 0 atom stereocenters. The second-order valence-electron chi connectivity index (χ2n) is 4.95. The van der Waals surface area contributed by atoms with E-state index < -0.39 is 5.91 Å². The zero-order valence-corrected chi connectivity index (χ0v) is 13.5. The molecule has 2 aromatic rings. The Balaban J connectivity index is 2.10. The van der Waals surface area contributed by atoms with E-state index >= 15 is 0 Å². The van der Waals surface area contributed by atoms with Crippen molar-refractivity contribution in [3.8, 4) is 6.07 Å². The van der Waals surface area contributed by atoms with Crippen LogP contribution in [0.4, 0.5) is 11.5 Å². The summed E-state index contributed by atoms with van der Waals surface area (Å²) in [7, 11) is 0. The Kier molecular flexibility index (Phi) is 5.34. The number of nitrogens with one attached hydrogen (secondary N) is 2. The minimum absolute atomic E-state index is 0.0540. The summed E-state index contributed by atoms with van der Waals surface area (Å²) < 4.78 is 0. The van der Waals surface area contributed by atoms with E-state index in [2.05, 4.69) is 15.6 Å². The number of amides is 1. The van der Waals surface area contributed by atoms with Gasteiger partial charge in [0.05, 0.1) is 5.02 Å². The highest BCUT2D eigenvalue weighted by atomic mass is 35.5. The molecule has 0 aliphatic heterocycles. The van der Waals surface area contributed by atoms with Crippen molar-refractivity contribution in [2.45, 2.75) is 13.8 Å². The van der Waals surface area contributed by atoms with Crippen LogP contribution in [0.3, 0.4) is 0 Å². The zero-order chi connectivity index (χ0) is 16.8. The molecule has 0 saturated heterocycles. The van der Waals surface area contributed by atoms with Crippen LogP contribution in [0.15, 0.2) is 48.3 Å². The molecule has 1 aromatic carbocycles. The second-order valence-corrected chi connectivity index (χ2v) is 5.38. The first kappa shape index (κ1) is 16.5. The van der Waals surface area contributed by atoms with Gasteiger partial charge in [0.1, 0.15) is 17.5 Å². The third-order valence-electron chi connectivity index (χ3n) is 3.09. The quantitative estimate of drug-likeness (QED) is 0.661. The number of nitrogens with zero attached hydrogens (tertiary/aromatic N) is 2. The Morgan fingerprint density at radius 3 is 2.70 bits per heavy atom. The number of carbonyl (C=O) groups is 1. The summed E-state index contributed by atoms with van der Waals surface area (Å²) in [6.07, 6.45) is 2.79. The van der Waals surface area contributed by atoms with Crippen LogP contribution in [-0.2, 0) is 4.79 Å². The van der Waals surface area contributed by atoms with Gasteiger partial charge in [-0.15, -0.1) is 0 Å². The lowest BCUT2D eigenvalue weighted by molar-refractivity contribution is -0.112. The average Bonchev–Trinajstić information content (AvgIpc) is 2.52. The number of nitriles is 1. The fourth-order valence-corrected chi connectivity index (χ4v) is 2.01. The normalized spacial score (nSPS) is 10.8. The Labute approximate surface area is 139 Å². The van der Waals surface area contributed by atoms with Gasteiger partial charge < -0.3 is 10.6 Å². The Morgan fingerprint density at radius 1 is 1.30 bits per heavy atom. The summed E-state index contributed by atoms with van der Waals surface area (Å²) in [4.78, 5) is 16.2. The maximum atomic E-state index is 12.2. The second kappa shape index (κ2) is 7.43. The van der Waals surface area contributed by atoms with E-state index in [1.54, 1.807) is 12.1 Å². The number of aryl methyl sites for hydroxylation is 2. The average molecular weight is 327 g/mol. The maximum Gasteiger partial charge on any atom is 0.267 e. The van der Waals surface area contributed by atoms with Crippen LogP contribution < -0.4 is 10.6 Å². The first-order valence-electron chi connectivity index (χ1n) is 6.86. The van der Waals surface area contributed by atoms with Crippen LogP contribution in [0.5, 0.6) is 0 Å². The van der Waals surface area contributed by atoms with Gasteiger partial charge in [0.2, 0.25) is 0 Å². The van der Waals surface area contributed by atoms with Crippen LogP contribution in [0.1, 0.15) is 11.1 Å². The largest absolute Gasteiger partial charge is 0.345 e. The van der Waals surface area contributed by atoms with Crippen LogP contribution in [0.2, 0.25) is 5.02 Å². The molecule has 0 aliphatic carbocycles. The predicted molar refractivity (Wildman–Crippen MR) is 91.1 cm³/mol. The first-order valence-corrected chi connectivity index (χ1v) is 7.24. The van der Waals surface area contributed by atoms with E-state index in [9.17, 15) is 4.79 Å². The van der Waals surface area contributed by atoms with Gasteiger partial charge in [-0.25, -0.2) is 4.98 Å². The van der Waals surface area contributed by atoms with Crippen LogP contribution >= 0.6 is 11.6 Å². The molecule has 1 heterocycles. The minimum atomic E-state index is -0.485. The third kappa shape index (κ3) is 4.56. The molecule has 0 bridgehead atoms. The van der Waals surface area contributed by atoms with Gasteiger partial charge in [0, 0.05) is 18.1 Å². The Hall–Kier alpha value is -2.84. The lowest BCUT2D eigenvalue weighted by Gasteiger charge is -2.08.